The monoisotopic (exact) mass is 235 g/mol. The SMILES string of the molecule is Cc1cccc(C(C)(F)C2CCCCCN2)c1. The molecule has 2 heteroatoms. The fourth-order valence-electron chi connectivity index (χ4n) is 2.64. The lowest BCUT2D eigenvalue weighted by molar-refractivity contribution is 0.123. The fourth-order valence-corrected chi connectivity index (χ4v) is 2.64. The number of aryl methyl sites for hydroxylation is 1. The van der Waals surface area contributed by atoms with Crippen molar-refractivity contribution in [3.05, 3.63) is 35.4 Å². The highest BCUT2D eigenvalue weighted by Gasteiger charge is 2.35. The Labute approximate surface area is 103 Å². The Kier molecular flexibility index (Phi) is 3.82. The summed E-state index contributed by atoms with van der Waals surface area (Å²) < 4.78 is 15.0. The second kappa shape index (κ2) is 5.18. The molecule has 1 fully saturated rings. The summed E-state index contributed by atoms with van der Waals surface area (Å²) >= 11 is 0. The van der Waals surface area contributed by atoms with E-state index in [1.807, 2.05) is 31.2 Å². The predicted molar refractivity (Wildman–Crippen MR) is 69.9 cm³/mol. The van der Waals surface area contributed by atoms with E-state index in [0.717, 1.165) is 30.5 Å². The average Bonchev–Trinajstić information content (AvgIpc) is 2.58. The molecular weight excluding hydrogens is 213 g/mol. The number of alkyl halides is 1. The van der Waals surface area contributed by atoms with Gasteiger partial charge < -0.3 is 5.32 Å². The van der Waals surface area contributed by atoms with Gasteiger partial charge in [-0.05, 0) is 38.8 Å². The Morgan fingerprint density at radius 3 is 2.88 bits per heavy atom. The summed E-state index contributed by atoms with van der Waals surface area (Å²) in [6, 6.07) is 7.78. The Bertz CT molecular complexity index is 365. The van der Waals surface area contributed by atoms with Crippen molar-refractivity contribution in [1.29, 1.82) is 0 Å². The van der Waals surface area contributed by atoms with Gasteiger partial charge in [-0.25, -0.2) is 4.39 Å². The van der Waals surface area contributed by atoms with E-state index in [9.17, 15) is 0 Å². The summed E-state index contributed by atoms with van der Waals surface area (Å²) in [5, 5.41) is 3.36. The number of hydrogen-bond donors (Lipinski definition) is 1. The summed E-state index contributed by atoms with van der Waals surface area (Å²) in [5.41, 5.74) is 0.660. The van der Waals surface area contributed by atoms with Gasteiger partial charge in [-0.1, -0.05) is 42.7 Å². The Hall–Kier alpha value is -0.890. The molecule has 1 saturated heterocycles. The molecule has 0 saturated carbocycles. The van der Waals surface area contributed by atoms with Crippen LogP contribution in [0, 0.1) is 6.92 Å². The number of halogens is 1. The van der Waals surface area contributed by atoms with Crippen LogP contribution in [0.4, 0.5) is 4.39 Å². The molecule has 1 aromatic rings. The minimum atomic E-state index is -1.27. The zero-order chi connectivity index (χ0) is 12.3. The smallest absolute Gasteiger partial charge is 0.148 e. The molecule has 0 radical (unpaired) electrons. The summed E-state index contributed by atoms with van der Waals surface area (Å²) in [6.07, 6.45) is 4.44. The summed E-state index contributed by atoms with van der Waals surface area (Å²) in [6.45, 7) is 4.67. The van der Waals surface area contributed by atoms with Gasteiger partial charge in [0.1, 0.15) is 5.67 Å². The first-order valence-corrected chi connectivity index (χ1v) is 6.60. The van der Waals surface area contributed by atoms with Gasteiger partial charge in [-0.15, -0.1) is 0 Å². The molecule has 2 atom stereocenters. The molecule has 94 valence electrons. The van der Waals surface area contributed by atoms with Gasteiger partial charge in [0.15, 0.2) is 0 Å². The van der Waals surface area contributed by atoms with Gasteiger partial charge in [0.25, 0.3) is 0 Å². The van der Waals surface area contributed by atoms with Gasteiger partial charge in [0.2, 0.25) is 0 Å². The largest absolute Gasteiger partial charge is 0.311 e. The molecule has 0 spiro atoms. The molecule has 1 heterocycles. The van der Waals surface area contributed by atoms with Gasteiger partial charge >= 0.3 is 0 Å². The second-order valence-electron chi connectivity index (χ2n) is 5.30. The molecule has 1 aliphatic rings. The zero-order valence-corrected chi connectivity index (χ0v) is 10.8. The molecule has 0 aliphatic carbocycles. The molecule has 0 aromatic heterocycles. The first-order chi connectivity index (χ1) is 8.10. The topological polar surface area (TPSA) is 12.0 Å². The lowest BCUT2D eigenvalue weighted by atomic mass is 9.87. The standard InChI is InChI=1S/C15H22FN/c1-12-7-6-8-13(11-12)15(2,16)14-9-4-3-5-10-17-14/h6-8,11,14,17H,3-5,9-10H2,1-2H3. The maximum atomic E-state index is 15.0. The van der Waals surface area contributed by atoms with E-state index in [2.05, 4.69) is 5.32 Å². The van der Waals surface area contributed by atoms with Gasteiger partial charge in [0, 0.05) is 6.04 Å². The minimum absolute atomic E-state index is 0.0493. The second-order valence-corrected chi connectivity index (χ2v) is 5.30. The van der Waals surface area contributed by atoms with Crippen LogP contribution in [0.15, 0.2) is 24.3 Å². The molecule has 1 N–H and O–H groups in total. The van der Waals surface area contributed by atoms with Crippen molar-refractivity contribution in [2.24, 2.45) is 0 Å². The van der Waals surface area contributed by atoms with Crippen molar-refractivity contribution in [3.8, 4) is 0 Å². The van der Waals surface area contributed by atoms with E-state index < -0.39 is 5.67 Å². The van der Waals surface area contributed by atoms with Crippen LogP contribution in [0.3, 0.4) is 0 Å². The molecular formula is C15H22FN. The summed E-state index contributed by atoms with van der Waals surface area (Å²) in [7, 11) is 0. The van der Waals surface area contributed by atoms with Gasteiger partial charge in [0.05, 0.1) is 0 Å². The van der Waals surface area contributed by atoms with E-state index in [4.69, 9.17) is 0 Å². The first kappa shape index (κ1) is 12.6. The molecule has 1 nitrogen and oxygen atoms in total. The average molecular weight is 235 g/mol. The number of hydrogen-bond acceptors (Lipinski definition) is 1. The van der Waals surface area contributed by atoms with Crippen molar-refractivity contribution in [2.75, 3.05) is 6.54 Å². The van der Waals surface area contributed by atoms with Crippen LogP contribution in [-0.4, -0.2) is 12.6 Å². The van der Waals surface area contributed by atoms with Crippen LogP contribution in [0.25, 0.3) is 0 Å². The van der Waals surface area contributed by atoms with Crippen molar-refractivity contribution < 1.29 is 4.39 Å². The van der Waals surface area contributed by atoms with E-state index in [-0.39, 0.29) is 6.04 Å². The van der Waals surface area contributed by atoms with Crippen LogP contribution in [0.2, 0.25) is 0 Å². The quantitative estimate of drug-likeness (QED) is 0.824. The fraction of sp³-hybridized carbons (Fsp3) is 0.600. The predicted octanol–water partition coefficient (Wildman–Crippen LogP) is 3.71. The normalized spacial score (nSPS) is 25.0. The highest BCUT2D eigenvalue weighted by atomic mass is 19.1. The molecule has 1 aliphatic heterocycles. The van der Waals surface area contributed by atoms with E-state index >= 15 is 4.39 Å². The van der Waals surface area contributed by atoms with Gasteiger partial charge in [-0.3, -0.25) is 0 Å². The number of nitrogens with one attached hydrogen (secondary N) is 1. The Balaban J connectivity index is 2.21. The molecule has 1 aromatic carbocycles. The van der Waals surface area contributed by atoms with Crippen LogP contribution < -0.4 is 5.32 Å². The summed E-state index contributed by atoms with van der Waals surface area (Å²) in [4.78, 5) is 0. The van der Waals surface area contributed by atoms with Crippen molar-refractivity contribution >= 4 is 0 Å². The zero-order valence-electron chi connectivity index (χ0n) is 10.8. The lowest BCUT2D eigenvalue weighted by Crippen LogP contribution is -2.43. The third-order valence-corrected chi connectivity index (χ3v) is 3.80. The number of benzene rings is 1. The molecule has 0 amide bonds. The van der Waals surface area contributed by atoms with E-state index in [1.54, 1.807) is 6.92 Å². The Morgan fingerprint density at radius 1 is 1.29 bits per heavy atom. The highest BCUT2D eigenvalue weighted by molar-refractivity contribution is 5.28. The maximum absolute atomic E-state index is 15.0. The summed E-state index contributed by atoms with van der Waals surface area (Å²) in [5.74, 6) is 0. The van der Waals surface area contributed by atoms with Crippen molar-refractivity contribution in [2.45, 2.75) is 51.2 Å². The highest BCUT2D eigenvalue weighted by Crippen LogP contribution is 2.33. The Morgan fingerprint density at radius 2 is 2.12 bits per heavy atom. The lowest BCUT2D eigenvalue weighted by Gasteiger charge is -2.31. The third-order valence-electron chi connectivity index (χ3n) is 3.80. The van der Waals surface area contributed by atoms with Gasteiger partial charge in [-0.2, -0.15) is 0 Å². The molecule has 2 unspecified atom stereocenters. The number of rotatable bonds is 2. The van der Waals surface area contributed by atoms with E-state index in [1.165, 1.54) is 12.8 Å². The van der Waals surface area contributed by atoms with Crippen LogP contribution in [0.1, 0.15) is 43.7 Å². The molecule has 2 rings (SSSR count). The van der Waals surface area contributed by atoms with Crippen LogP contribution in [-0.2, 0) is 5.67 Å². The van der Waals surface area contributed by atoms with Crippen molar-refractivity contribution in [1.82, 2.24) is 5.32 Å². The first-order valence-electron chi connectivity index (χ1n) is 6.60. The minimum Gasteiger partial charge on any atom is -0.311 e. The molecule has 17 heavy (non-hydrogen) atoms. The van der Waals surface area contributed by atoms with Crippen LogP contribution in [0.5, 0.6) is 0 Å². The molecule has 0 bridgehead atoms. The van der Waals surface area contributed by atoms with Crippen LogP contribution >= 0.6 is 0 Å². The third kappa shape index (κ3) is 2.86. The van der Waals surface area contributed by atoms with Crippen molar-refractivity contribution in [3.63, 3.8) is 0 Å². The maximum Gasteiger partial charge on any atom is 0.148 e. The van der Waals surface area contributed by atoms with E-state index in [0.29, 0.717) is 0 Å².